The quantitative estimate of drug-likeness (QED) is 0.487. The van der Waals surface area contributed by atoms with Crippen molar-refractivity contribution in [3.8, 4) is 22.4 Å². The third-order valence-electron chi connectivity index (χ3n) is 5.54. The van der Waals surface area contributed by atoms with Crippen molar-refractivity contribution < 1.29 is 10.2 Å². The lowest BCUT2D eigenvalue weighted by Crippen LogP contribution is -2.26. The Morgan fingerprint density at radius 3 is 2.56 bits per heavy atom. The lowest BCUT2D eigenvalue weighted by Gasteiger charge is -2.15. The molecule has 0 spiro atoms. The number of aliphatic hydroxyl groups is 2. The van der Waals surface area contributed by atoms with E-state index in [2.05, 4.69) is 15.0 Å². The molecule has 3 heterocycles. The second-order valence-electron chi connectivity index (χ2n) is 8.03. The van der Waals surface area contributed by atoms with Gasteiger partial charge < -0.3 is 10.2 Å². The van der Waals surface area contributed by atoms with Crippen molar-refractivity contribution in [1.29, 1.82) is 0 Å². The zero-order chi connectivity index (χ0) is 22.8. The summed E-state index contributed by atoms with van der Waals surface area (Å²) in [6.07, 6.45) is 1.06. The van der Waals surface area contributed by atoms with Crippen LogP contribution in [0.4, 0.5) is 0 Å². The van der Waals surface area contributed by atoms with Gasteiger partial charge in [-0.1, -0.05) is 18.2 Å². The molecular formula is C25H26N4O3. The summed E-state index contributed by atoms with van der Waals surface area (Å²) < 4.78 is 1.56. The van der Waals surface area contributed by atoms with Crippen LogP contribution in [-0.2, 0) is 6.54 Å². The molecule has 7 nitrogen and oxygen atoms in total. The number of aryl methyl sites for hydroxylation is 4. The number of nitrogens with zero attached hydrogens (tertiary/aromatic N) is 4. The van der Waals surface area contributed by atoms with Crippen LogP contribution in [0.25, 0.3) is 33.4 Å². The van der Waals surface area contributed by atoms with Crippen LogP contribution in [-0.4, -0.2) is 42.4 Å². The Balaban J connectivity index is 1.84. The molecular weight excluding hydrogens is 404 g/mol. The predicted molar refractivity (Wildman–Crippen MR) is 124 cm³/mol. The minimum atomic E-state index is -0.897. The van der Waals surface area contributed by atoms with E-state index in [0.717, 1.165) is 33.5 Å². The second kappa shape index (κ2) is 8.98. The third kappa shape index (κ3) is 4.30. The van der Waals surface area contributed by atoms with Gasteiger partial charge in [0.15, 0.2) is 0 Å². The molecule has 7 heteroatoms. The predicted octanol–water partition coefficient (Wildman–Crippen LogP) is 3.19. The number of aliphatic hydroxyl groups excluding tert-OH is 2. The molecule has 0 radical (unpaired) electrons. The van der Waals surface area contributed by atoms with Crippen molar-refractivity contribution in [2.75, 3.05) is 6.61 Å². The molecule has 0 unspecified atom stereocenters. The highest BCUT2D eigenvalue weighted by Crippen LogP contribution is 2.28. The first-order chi connectivity index (χ1) is 15.4. The molecule has 32 heavy (non-hydrogen) atoms. The summed E-state index contributed by atoms with van der Waals surface area (Å²) in [5.41, 5.74) is 5.48. The smallest absolute Gasteiger partial charge is 0.260 e. The van der Waals surface area contributed by atoms with Crippen molar-refractivity contribution >= 4 is 11.0 Å². The Hall–Kier alpha value is -3.42. The Bertz CT molecular complexity index is 1350. The van der Waals surface area contributed by atoms with Gasteiger partial charge in [-0.05, 0) is 62.6 Å². The van der Waals surface area contributed by atoms with E-state index < -0.39 is 6.10 Å². The lowest BCUT2D eigenvalue weighted by atomic mass is 9.97. The fraction of sp³-hybridized carbons (Fsp3) is 0.280. The van der Waals surface area contributed by atoms with Gasteiger partial charge in [0, 0.05) is 34.9 Å². The molecule has 1 aromatic carbocycles. The van der Waals surface area contributed by atoms with Crippen molar-refractivity contribution in [2.24, 2.45) is 0 Å². The van der Waals surface area contributed by atoms with Gasteiger partial charge in [0.1, 0.15) is 11.5 Å². The Kier molecular flexibility index (Phi) is 6.12. The van der Waals surface area contributed by atoms with Gasteiger partial charge in [-0.25, -0.2) is 9.97 Å². The van der Waals surface area contributed by atoms with E-state index in [9.17, 15) is 15.0 Å². The maximum absolute atomic E-state index is 13.5. The van der Waals surface area contributed by atoms with Crippen LogP contribution in [0.1, 0.15) is 23.5 Å². The van der Waals surface area contributed by atoms with Crippen molar-refractivity contribution in [3.05, 3.63) is 76.1 Å². The molecule has 0 saturated carbocycles. The van der Waals surface area contributed by atoms with Gasteiger partial charge in [0.2, 0.25) is 0 Å². The molecule has 4 aromatic rings. The average molecular weight is 431 g/mol. The summed E-state index contributed by atoms with van der Waals surface area (Å²) in [5.74, 6) is 0.562. The largest absolute Gasteiger partial charge is 0.394 e. The minimum Gasteiger partial charge on any atom is -0.394 e. The first-order valence-corrected chi connectivity index (χ1v) is 10.6. The van der Waals surface area contributed by atoms with Gasteiger partial charge in [-0.15, -0.1) is 0 Å². The van der Waals surface area contributed by atoms with E-state index >= 15 is 0 Å². The van der Waals surface area contributed by atoms with Gasteiger partial charge in [-0.2, -0.15) is 0 Å². The van der Waals surface area contributed by atoms with Crippen LogP contribution in [0.5, 0.6) is 0 Å². The normalized spacial score (nSPS) is 12.3. The van der Waals surface area contributed by atoms with E-state index in [1.165, 1.54) is 0 Å². The summed E-state index contributed by atoms with van der Waals surface area (Å²) in [6, 6.07) is 13.7. The maximum Gasteiger partial charge on any atom is 0.260 e. The molecule has 0 aliphatic rings. The summed E-state index contributed by atoms with van der Waals surface area (Å²) in [7, 11) is 0. The fourth-order valence-corrected chi connectivity index (χ4v) is 3.84. The molecule has 3 aromatic heterocycles. The SMILES string of the molecule is Cc1cccc(-c2ccc(-c3cc4cnc(C)nc4n(CC[C@@H](O)CO)c3=O)c(C)c2)n1. The standard InChI is InChI=1S/C25H26N4O3/c1-15-11-18(23-6-4-5-16(2)27-23)7-8-21(15)22-12-19-13-26-17(3)28-24(19)29(25(22)32)10-9-20(31)14-30/h4-8,11-13,20,30-31H,9-10,14H2,1-3H3/t20-/m1/s1. The van der Waals surface area contributed by atoms with Gasteiger partial charge in [0.25, 0.3) is 5.56 Å². The molecule has 0 bridgehead atoms. The number of aromatic nitrogens is 4. The lowest BCUT2D eigenvalue weighted by molar-refractivity contribution is 0.0847. The number of rotatable bonds is 6. The summed E-state index contributed by atoms with van der Waals surface area (Å²) in [4.78, 5) is 26.8. The topological polar surface area (TPSA) is 101 Å². The average Bonchev–Trinajstić information content (AvgIpc) is 2.78. The summed E-state index contributed by atoms with van der Waals surface area (Å²) in [5, 5.41) is 19.7. The zero-order valence-electron chi connectivity index (χ0n) is 18.4. The number of pyridine rings is 2. The Morgan fingerprint density at radius 1 is 1.03 bits per heavy atom. The van der Waals surface area contributed by atoms with Crippen LogP contribution in [0, 0.1) is 20.8 Å². The molecule has 0 fully saturated rings. The van der Waals surface area contributed by atoms with Crippen molar-refractivity contribution in [3.63, 3.8) is 0 Å². The molecule has 0 amide bonds. The summed E-state index contributed by atoms with van der Waals surface area (Å²) >= 11 is 0. The molecule has 2 N–H and O–H groups in total. The Labute approximate surface area is 186 Å². The number of hydrogen-bond acceptors (Lipinski definition) is 6. The first-order valence-electron chi connectivity index (χ1n) is 10.6. The highest BCUT2D eigenvalue weighted by molar-refractivity contribution is 5.82. The number of benzene rings is 1. The monoisotopic (exact) mass is 430 g/mol. The maximum atomic E-state index is 13.5. The third-order valence-corrected chi connectivity index (χ3v) is 5.54. The van der Waals surface area contributed by atoms with Gasteiger partial charge in [-0.3, -0.25) is 14.3 Å². The van der Waals surface area contributed by atoms with E-state index in [1.807, 2.05) is 56.3 Å². The molecule has 0 saturated heterocycles. The number of hydrogen-bond donors (Lipinski definition) is 2. The number of fused-ring (bicyclic) bond motifs is 1. The summed E-state index contributed by atoms with van der Waals surface area (Å²) in [6.45, 7) is 5.59. The molecule has 0 aliphatic carbocycles. The first kappa shape index (κ1) is 21.8. The van der Waals surface area contributed by atoms with Crippen molar-refractivity contribution in [2.45, 2.75) is 39.8 Å². The van der Waals surface area contributed by atoms with Crippen LogP contribution in [0.3, 0.4) is 0 Å². The Morgan fingerprint density at radius 2 is 1.84 bits per heavy atom. The van der Waals surface area contributed by atoms with Gasteiger partial charge >= 0.3 is 0 Å². The minimum absolute atomic E-state index is 0.190. The zero-order valence-corrected chi connectivity index (χ0v) is 18.4. The van der Waals surface area contributed by atoms with E-state index in [4.69, 9.17) is 0 Å². The molecule has 0 aliphatic heterocycles. The van der Waals surface area contributed by atoms with E-state index in [1.54, 1.807) is 17.7 Å². The van der Waals surface area contributed by atoms with Crippen LogP contribution < -0.4 is 5.56 Å². The van der Waals surface area contributed by atoms with Crippen molar-refractivity contribution in [1.82, 2.24) is 19.5 Å². The molecule has 4 rings (SSSR count). The van der Waals surface area contributed by atoms with E-state index in [0.29, 0.717) is 17.0 Å². The highest BCUT2D eigenvalue weighted by Gasteiger charge is 2.16. The molecule has 1 atom stereocenters. The highest BCUT2D eigenvalue weighted by atomic mass is 16.3. The van der Waals surface area contributed by atoms with Crippen LogP contribution in [0.2, 0.25) is 0 Å². The fourth-order valence-electron chi connectivity index (χ4n) is 3.84. The van der Waals surface area contributed by atoms with Crippen LogP contribution in [0.15, 0.2) is 53.5 Å². The van der Waals surface area contributed by atoms with E-state index in [-0.39, 0.29) is 25.1 Å². The van der Waals surface area contributed by atoms with Gasteiger partial charge in [0.05, 0.1) is 18.4 Å². The van der Waals surface area contributed by atoms with Crippen LogP contribution >= 0.6 is 0 Å². The second-order valence-corrected chi connectivity index (χ2v) is 8.03. The molecule has 164 valence electrons.